The number of amides is 1. The van der Waals surface area contributed by atoms with E-state index in [0.29, 0.717) is 49.1 Å². The largest absolute Gasteiger partial charge is 0.496 e. The number of hydrogen-bond donors (Lipinski definition) is 1. The van der Waals surface area contributed by atoms with Gasteiger partial charge in [0.15, 0.2) is 8.32 Å². The van der Waals surface area contributed by atoms with Crippen molar-refractivity contribution in [3.63, 3.8) is 0 Å². The molecule has 0 radical (unpaired) electrons. The summed E-state index contributed by atoms with van der Waals surface area (Å²) in [5.74, 6) is 0.708. The summed E-state index contributed by atoms with van der Waals surface area (Å²) in [5.41, 5.74) is 3.71. The summed E-state index contributed by atoms with van der Waals surface area (Å²) in [6.45, 7) is 20.6. The van der Waals surface area contributed by atoms with E-state index < -0.39 is 30.0 Å². The van der Waals surface area contributed by atoms with Crippen LogP contribution in [0.25, 0.3) is 24.3 Å². The van der Waals surface area contributed by atoms with E-state index >= 15 is 0 Å². The average molecular weight is 734 g/mol. The number of hydrogen-bond acceptors (Lipinski definition) is 6. The lowest BCUT2D eigenvalue weighted by Gasteiger charge is -2.38. The molecule has 1 aliphatic rings. The number of piperazine rings is 1. The van der Waals surface area contributed by atoms with Gasteiger partial charge in [-0.2, -0.15) is 4.31 Å². The fourth-order valence-corrected chi connectivity index (χ4v) is 8.06. The molecule has 1 fully saturated rings. The smallest absolute Gasteiger partial charge is 0.412 e. The molecular weight excluding hydrogens is 679 g/mol. The molecule has 0 atom stereocenters. The number of benzene rings is 3. The molecule has 0 aliphatic carbocycles. The highest BCUT2D eigenvalue weighted by Crippen LogP contribution is 2.36. The van der Waals surface area contributed by atoms with Gasteiger partial charge in [0.05, 0.1) is 12.0 Å². The first-order valence-electron chi connectivity index (χ1n) is 17.5. The maximum atomic E-state index is 13.4. The van der Waals surface area contributed by atoms with Gasteiger partial charge in [0.2, 0.25) is 10.0 Å². The van der Waals surface area contributed by atoms with E-state index in [2.05, 4.69) is 38.8 Å². The highest BCUT2D eigenvalue weighted by molar-refractivity contribution is 7.89. The predicted molar refractivity (Wildman–Crippen MR) is 212 cm³/mol. The molecular formula is C40H55N3O6SSi. The van der Waals surface area contributed by atoms with Gasteiger partial charge in [-0.1, -0.05) is 81.5 Å². The first-order valence-corrected chi connectivity index (χ1v) is 21.8. The molecule has 51 heavy (non-hydrogen) atoms. The number of nitrogens with zero attached hydrogens (tertiary/aromatic N) is 3. The lowest BCUT2D eigenvalue weighted by Crippen LogP contribution is -2.50. The molecule has 1 amide bonds. The van der Waals surface area contributed by atoms with Crippen LogP contribution in [0.1, 0.15) is 63.8 Å². The maximum Gasteiger partial charge on any atom is 0.412 e. The molecule has 3 aromatic rings. The minimum Gasteiger partial charge on any atom is -0.496 e. The number of carboxylic acid groups (broad SMARTS) is 1. The molecule has 0 bridgehead atoms. The zero-order chi connectivity index (χ0) is 37.6. The monoisotopic (exact) mass is 733 g/mol. The Morgan fingerprint density at radius 1 is 0.824 bits per heavy atom. The summed E-state index contributed by atoms with van der Waals surface area (Å²) < 4.78 is 40.4. The second-order valence-electron chi connectivity index (χ2n) is 15.5. The SMILES string of the molecule is COc1cc(/C=C/c2ccc(S(=O)(=O)N3CCN(CCO[Si](C)(C)C(C)(C)C)CC3)cc2)ccc1/C=C/c1ccc(N(C(=O)O)C(C)(C)C)cc1. The summed E-state index contributed by atoms with van der Waals surface area (Å²) >= 11 is 0. The summed E-state index contributed by atoms with van der Waals surface area (Å²) in [5, 5.41) is 9.84. The Kier molecular flexibility index (Phi) is 12.8. The van der Waals surface area contributed by atoms with E-state index in [1.165, 1.54) is 4.90 Å². The van der Waals surface area contributed by atoms with Gasteiger partial charge in [0.25, 0.3) is 0 Å². The average Bonchev–Trinajstić information content (AvgIpc) is 3.06. The Balaban J connectivity index is 1.34. The van der Waals surface area contributed by atoms with Crippen molar-refractivity contribution in [1.82, 2.24) is 9.21 Å². The van der Waals surface area contributed by atoms with Gasteiger partial charge in [0, 0.05) is 56.1 Å². The lowest BCUT2D eigenvalue weighted by molar-refractivity contribution is 0.153. The molecule has 1 aliphatic heterocycles. The molecule has 4 rings (SSSR count). The third-order valence-electron chi connectivity index (χ3n) is 9.72. The molecule has 0 spiro atoms. The fourth-order valence-electron chi connectivity index (χ4n) is 5.61. The number of carbonyl (C=O) groups is 1. The molecule has 3 aromatic carbocycles. The number of anilines is 1. The van der Waals surface area contributed by atoms with E-state index in [0.717, 1.165) is 28.8 Å². The predicted octanol–water partition coefficient (Wildman–Crippen LogP) is 8.65. The van der Waals surface area contributed by atoms with Gasteiger partial charge in [-0.05, 0) is 85.9 Å². The molecule has 0 aromatic heterocycles. The van der Waals surface area contributed by atoms with Gasteiger partial charge < -0.3 is 14.3 Å². The minimum atomic E-state index is -3.58. The highest BCUT2D eigenvalue weighted by atomic mass is 32.2. The highest BCUT2D eigenvalue weighted by Gasteiger charge is 2.37. The van der Waals surface area contributed by atoms with Crippen LogP contribution in [0.4, 0.5) is 10.5 Å². The Hall–Kier alpha value is -3.74. The third kappa shape index (κ3) is 10.4. The third-order valence-corrected chi connectivity index (χ3v) is 16.2. The van der Waals surface area contributed by atoms with Crippen LogP contribution in [0, 0.1) is 0 Å². The van der Waals surface area contributed by atoms with Crippen molar-refractivity contribution in [3.8, 4) is 5.75 Å². The molecule has 276 valence electrons. The molecule has 0 saturated carbocycles. The first-order chi connectivity index (χ1) is 23.8. The Morgan fingerprint density at radius 2 is 1.35 bits per heavy atom. The first kappa shape index (κ1) is 40.0. The van der Waals surface area contributed by atoms with Gasteiger partial charge in [0.1, 0.15) is 5.75 Å². The van der Waals surface area contributed by atoms with Crippen LogP contribution in [0.15, 0.2) is 71.6 Å². The van der Waals surface area contributed by atoms with Crippen molar-refractivity contribution < 1.29 is 27.5 Å². The van der Waals surface area contributed by atoms with Gasteiger partial charge in [-0.25, -0.2) is 13.2 Å². The number of sulfonamides is 1. The summed E-state index contributed by atoms with van der Waals surface area (Å²) in [6, 6.07) is 20.3. The van der Waals surface area contributed by atoms with Crippen LogP contribution >= 0.6 is 0 Å². The Morgan fingerprint density at radius 3 is 1.88 bits per heavy atom. The zero-order valence-corrected chi connectivity index (χ0v) is 33.5. The van der Waals surface area contributed by atoms with Crippen molar-refractivity contribution in [2.45, 2.75) is 70.1 Å². The van der Waals surface area contributed by atoms with Crippen LogP contribution in [0.5, 0.6) is 5.75 Å². The van der Waals surface area contributed by atoms with Crippen LogP contribution in [0.2, 0.25) is 18.1 Å². The molecule has 11 heteroatoms. The number of rotatable bonds is 12. The van der Waals surface area contributed by atoms with Crippen molar-refractivity contribution in [2.75, 3.05) is 51.3 Å². The van der Waals surface area contributed by atoms with Gasteiger partial charge in [-0.15, -0.1) is 0 Å². The molecule has 9 nitrogen and oxygen atoms in total. The van der Waals surface area contributed by atoms with Crippen LogP contribution < -0.4 is 9.64 Å². The summed E-state index contributed by atoms with van der Waals surface area (Å²) in [7, 11) is -3.74. The maximum absolute atomic E-state index is 13.4. The summed E-state index contributed by atoms with van der Waals surface area (Å²) in [6.07, 6.45) is 6.85. The van der Waals surface area contributed by atoms with Gasteiger partial charge >= 0.3 is 6.09 Å². The summed E-state index contributed by atoms with van der Waals surface area (Å²) in [4.78, 5) is 15.7. The van der Waals surface area contributed by atoms with E-state index in [1.807, 2.05) is 87.5 Å². The molecule has 1 N–H and O–H groups in total. The van der Waals surface area contributed by atoms with Crippen molar-refractivity contribution >= 4 is 54.4 Å². The quantitative estimate of drug-likeness (QED) is 0.147. The van der Waals surface area contributed by atoms with Crippen LogP contribution in [0.3, 0.4) is 0 Å². The normalized spacial score (nSPS) is 15.5. The minimum absolute atomic E-state index is 0.169. The van der Waals surface area contributed by atoms with E-state index in [1.54, 1.807) is 35.7 Å². The lowest BCUT2D eigenvalue weighted by atomic mass is 10.0. The second-order valence-corrected chi connectivity index (χ2v) is 22.2. The van der Waals surface area contributed by atoms with Crippen LogP contribution in [-0.2, 0) is 14.4 Å². The standard InChI is InChI=1S/C40H55N3O6SSi/c1-39(2,3)43(38(44)45)35-20-14-32(15-21-35)12-18-34-19-13-33(30-37(34)48-7)11-10-31-16-22-36(23-17-31)50(46,47)42-26-24-41(25-27-42)28-29-49-51(8,9)40(4,5)6/h10-23,30H,24-29H2,1-9H3,(H,44,45)/b11-10+,18-12+. The molecule has 1 heterocycles. The number of ether oxygens (including phenoxy) is 1. The molecule has 0 unspecified atom stereocenters. The Bertz CT molecular complexity index is 1800. The zero-order valence-electron chi connectivity index (χ0n) is 31.6. The topological polar surface area (TPSA) is 99.6 Å². The van der Waals surface area contributed by atoms with Crippen molar-refractivity contribution in [2.24, 2.45) is 0 Å². The van der Waals surface area contributed by atoms with E-state index in [4.69, 9.17) is 9.16 Å². The number of methoxy groups -OCH3 is 1. The van der Waals surface area contributed by atoms with Crippen molar-refractivity contribution in [3.05, 3.63) is 89.0 Å². The van der Waals surface area contributed by atoms with Crippen LogP contribution in [-0.4, -0.2) is 89.1 Å². The molecule has 1 saturated heterocycles. The van der Waals surface area contributed by atoms with Gasteiger partial charge in [-0.3, -0.25) is 9.80 Å². The van der Waals surface area contributed by atoms with E-state index in [9.17, 15) is 18.3 Å². The van der Waals surface area contributed by atoms with Crippen molar-refractivity contribution in [1.29, 1.82) is 0 Å². The van der Waals surface area contributed by atoms with E-state index in [-0.39, 0.29) is 5.04 Å². The Labute approximate surface area is 306 Å². The second kappa shape index (κ2) is 16.3. The fraction of sp³-hybridized carbons (Fsp3) is 0.425.